The fourth-order valence-electron chi connectivity index (χ4n) is 3.02. The molecule has 6 heteroatoms. The Morgan fingerprint density at radius 2 is 2.25 bits per heavy atom. The van der Waals surface area contributed by atoms with E-state index in [1.165, 1.54) is 0 Å². The number of carbonyl (C=O) groups excluding carboxylic acids is 1. The molecule has 0 aromatic heterocycles. The van der Waals surface area contributed by atoms with Crippen LogP contribution in [0.3, 0.4) is 0 Å². The Hall–Kier alpha value is -1.27. The number of allylic oxidation sites excluding steroid dienone is 3. The third-order valence-corrected chi connectivity index (χ3v) is 5.41. The van der Waals surface area contributed by atoms with Gasteiger partial charge >= 0.3 is 0 Å². The van der Waals surface area contributed by atoms with Gasteiger partial charge in [-0.05, 0) is 46.8 Å². The molecule has 24 heavy (non-hydrogen) atoms. The Morgan fingerprint density at radius 3 is 2.96 bits per heavy atom. The molecular weight excluding hydrogens is 374 g/mol. The first-order chi connectivity index (χ1) is 11.7. The number of halogens is 1. The van der Waals surface area contributed by atoms with Gasteiger partial charge in [-0.15, -0.1) is 0 Å². The van der Waals surface area contributed by atoms with Crippen molar-refractivity contribution in [2.24, 2.45) is 0 Å². The Bertz CT molecular complexity index is 578. The summed E-state index contributed by atoms with van der Waals surface area (Å²) in [5, 5.41) is 0. The van der Waals surface area contributed by atoms with Crippen molar-refractivity contribution < 1.29 is 19.0 Å². The predicted molar refractivity (Wildman–Crippen MR) is 94.5 cm³/mol. The first-order valence-corrected chi connectivity index (χ1v) is 9.31. The molecule has 0 atom stereocenters. The van der Waals surface area contributed by atoms with Gasteiger partial charge in [0, 0.05) is 44.7 Å². The second kappa shape index (κ2) is 8.21. The van der Waals surface area contributed by atoms with Gasteiger partial charge in [-0.1, -0.05) is 0 Å². The van der Waals surface area contributed by atoms with Gasteiger partial charge in [-0.3, -0.25) is 4.79 Å². The number of hydrogen-bond donors (Lipinski definition) is 0. The number of amides is 1. The van der Waals surface area contributed by atoms with Gasteiger partial charge in [0.1, 0.15) is 11.5 Å². The Morgan fingerprint density at radius 1 is 1.42 bits per heavy atom. The standard InChI is InChI=1S/C18H24BrNO4/c1-22-8-2-9-24-18-15-7-10-23-16(15)6-3-13(17(18)19)11-20(12-21)14-4-5-14/h6,12,14H,2-5,7-11H2,1H3. The molecule has 1 saturated carbocycles. The van der Waals surface area contributed by atoms with Crippen LogP contribution in [0.5, 0.6) is 0 Å². The molecule has 0 unspecified atom stereocenters. The highest BCUT2D eigenvalue weighted by molar-refractivity contribution is 9.12. The molecule has 0 radical (unpaired) electrons. The fraction of sp³-hybridized carbons (Fsp3) is 0.611. The van der Waals surface area contributed by atoms with E-state index in [2.05, 4.69) is 22.0 Å². The number of hydrogen-bond acceptors (Lipinski definition) is 4. The average Bonchev–Trinajstić information content (AvgIpc) is 3.35. The highest BCUT2D eigenvalue weighted by atomic mass is 79.9. The minimum atomic E-state index is 0.403. The number of methoxy groups -OCH3 is 1. The van der Waals surface area contributed by atoms with E-state index in [0.29, 0.717) is 32.4 Å². The minimum absolute atomic E-state index is 0.403. The Kier molecular flexibility index (Phi) is 6.00. The molecule has 3 aliphatic rings. The van der Waals surface area contributed by atoms with Crippen molar-refractivity contribution in [3.8, 4) is 0 Å². The molecule has 1 saturated heterocycles. The van der Waals surface area contributed by atoms with Crippen LogP contribution in [0.25, 0.3) is 0 Å². The van der Waals surface area contributed by atoms with Crippen molar-refractivity contribution in [2.45, 2.75) is 38.1 Å². The van der Waals surface area contributed by atoms with Gasteiger partial charge in [0.2, 0.25) is 6.41 Å². The maximum atomic E-state index is 11.4. The van der Waals surface area contributed by atoms with Crippen LogP contribution in [-0.4, -0.2) is 50.8 Å². The van der Waals surface area contributed by atoms with Crippen molar-refractivity contribution in [1.29, 1.82) is 0 Å². The lowest BCUT2D eigenvalue weighted by molar-refractivity contribution is -0.118. The van der Waals surface area contributed by atoms with E-state index in [9.17, 15) is 4.79 Å². The summed E-state index contributed by atoms with van der Waals surface area (Å²) in [4.78, 5) is 13.3. The number of ether oxygens (including phenoxy) is 3. The zero-order chi connectivity index (χ0) is 16.9. The summed E-state index contributed by atoms with van der Waals surface area (Å²) in [5.74, 6) is 1.79. The normalized spacial score (nSPS) is 20.3. The molecule has 2 aliphatic carbocycles. The van der Waals surface area contributed by atoms with Crippen molar-refractivity contribution in [2.75, 3.05) is 33.5 Å². The van der Waals surface area contributed by atoms with E-state index in [0.717, 1.165) is 65.7 Å². The molecule has 0 aromatic carbocycles. The van der Waals surface area contributed by atoms with Crippen LogP contribution < -0.4 is 0 Å². The zero-order valence-electron chi connectivity index (χ0n) is 14.1. The van der Waals surface area contributed by atoms with Crippen LogP contribution >= 0.6 is 15.9 Å². The quantitative estimate of drug-likeness (QED) is 0.442. The molecule has 1 aliphatic heterocycles. The number of fused-ring (bicyclic) bond motifs is 1. The summed E-state index contributed by atoms with van der Waals surface area (Å²) in [5.41, 5.74) is 2.28. The molecular formula is C18H24BrNO4. The lowest BCUT2D eigenvalue weighted by atomic mass is 10.1. The fourth-order valence-corrected chi connectivity index (χ4v) is 3.66. The first-order valence-electron chi connectivity index (χ1n) is 8.51. The van der Waals surface area contributed by atoms with Crippen molar-refractivity contribution in [3.05, 3.63) is 33.2 Å². The molecule has 5 nitrogen and oxygen atoms in total. The van der Waals surface area contributed by atoms with Crippen molar-refractivity contribution >= 4 is 22.3 Å². The lowest BCUT2D eigenvalue weighted by Gasteiger charge is -2.20. The molecule has 1 heterocycles. The van der Waals surface area contributed by atoms with E-state index < -0.39 is 0 Å². The third kappa shape index (κ3) is 4.03. The molecule has 132 valence electrons. The first kappa shape index (κ1) is 17.5. The second-order valence-electron chi connectivity index (χ2n) is 6.30. The highest BCUT2D eigenvalue weighted by Crippen LogP contribution is 2.39. The second-order valence-corrected chi connectivity index (χ2v) is 7.09. The predicted octanol–water partition coefficient (Wildman–Crippen LogP) is 3.27. The molecule has 0 bridgehead atoms. The number of rotatable bonds is 9. The topological polar surface area (TPSA) is 48.0 Å². The van der Waals surface area contributed by atoms with Gasteiger partial charge in [-0.2, -0.15) is 0 Å². The van der Waals surface area contributed by atoms with Crippen molar-refractivity contribution in [3.63, 3.8) is 0 Å². The van der Waals surface area contributed by atoms with Gasteiger partial charge in [0.05, 0.1) is 17.7 Å². The van der Waals surface area contributed by atoms with Crippen LogP contribution in [0.2, 0.25) is 0 Å². The van der Waals surface area contributed by atoms with E-state index in [1.807, 2.05) is 4.90 Å². The Labute approximate surface area is 151 Å². The summed E-state index contributed by atoms with van der Waals surface area (Å²) in [6, 6.07) is 0.403. The third-order valence-electron chi connectivity index (χ3n) is 4.49. The summed E-state index contributed by atoms with van der Waals surface area (Å²) in [7, 11) is 1.69. The van der Waals surface area contributed by atoms with Crippen LogP contribution in [0.4, 0.5) is 0 Å². The lowest BCUT2D eigenvalue weighted by Crippen LogP contribution is -2.27. The summed E-state index contributed by atoms with van der Waals surface area (Å²) in [6.45, 7) is 2.61. The number of carbonyl (C=O) groups is 1. The summed E-state index contributed by atoms with van der Waals surface area (Å²) >= 11 is 3.74. The molecule has 0 aromatic rings. The van der Waals surface area contributed by atoms with Gasteiger partial charge < -0.3 is 19.1 Å². The molecule has 3 rings (SSSR count). The van der Waals surface area contributed by atoms with Crippen molar-refractivity contribution in [1.82, 2.24) is 4.90 Å². The monoisotopic (exact) mass is 397 g/mol. The largest absolute Gasteiger partial charge is 0.493 e. The maximum Gasteiger partial charge on any atom is 0.210 e. The van der Waals surface area contributed by atoms with Crippen LogP contribution in [0, 0.1) is 0 Å². The van der Waals surface area contributed by atoms with Crippen LogP contribution in [0.15, 0.2) is 33.2 Å². The molecule has 1 amide bonds. The van der Waals surface area contributed by atoms with E-state index in [4.69, 9.17) is 14.2 Å². The average molecular weight is 398 g/mol. The maximum absolute atomic E-state index is 11.4. The van der Waals surface area contributed by atoms with E-state index >= 15 is 0 Å². The zero-order valence-corrected chi connectivity index (χ0v) is 15.6. The molecule has 0 N–H and O–H groups in total. The van der Waals surface area contributed by atoms with Crippen LogP contribution in [-0.2, 0) is 19.0 Å². The van der Waals surface area contributed by atoms with Crippen LogP contribution in [0.1, 0.15) is 32.1 Å². The van der Waals surface area contributed by atoms with E-state index in [1.54, 1.807) is 7.11 Å². The summed E-state index contributed by atoms with van der Waals surface area (Å²) in [6.07, 6.45) is 7.75. The van der Waals surface area contributed by atoms with Gasteiger partial charge in [0.15, 0.2) is 0 Å². The van der Waals surface area contributed by atoms with Gasteiger partial charge in [-0.25, -0.2) is 0 Å². The Balaban J connectivity index is 1.80. The molecule has 0 spiro atoms. The number of nitrogens with zero attached hydrogens (tertiary/aromatic N) is 1. The highest BCUT2D eigenvalue weighted by Gasteiger charge is 2.31. The smallest absolute Gasteiger partial charge is 0.210 e. The van der Waals surface area contributed by atoms with E-state index in [-0.39, 0.29) is 0 Å². The minimum Gasteiger partial charge on any atom is -0.493 e. The van der Waals surface area contributed by atoms with Gasteiger partial charge in [0.25, 0.3) is 0 Å². The molecule has 2 fully saturated rings. The summed E-state index contributed by atoms with van der Waals surface area (Å²) < 4.78 is 17.9. The SMILES string of the molecule is COCCCOC1=C2CCOC2=CCC(CN(C=O)C2CC2)=C1Br.